The summed E-state index contributed by atoms with van der Waals surface area (Å²) in [4.78, 5) is 7.31. The zero-order chi connectivity index (χ0) is 13.2. The Labute approximate surface area is 108 Å². The second-order valence-electron chi connectivity index (χ2n) is 3.26. The standard InChI is InChI=1S/C10H7ClFN3O2S/c11-9-5-6-13-10(14-9)15-18(16,17)8-3-1-7(12)2-4-8/h1-6H,(H,13,14,15). The fourth-order valence-electron chi connectivity index (χ4n) is 1.18. The molecule has 0 unspecified atom stereocenters. The van der Waals surface area contributed by atoms with Crippen molar-refractivity contribution in [3.05, 3.63) is 47.5 Å². The topological polar surface area (TPSA) is 72.0 Å². The molecule has 1 aromatic carbocycles. The van der Waals surface area contributed by atoms with Gasteiger partial charge in [0.15, 0.2) is 0 Å². The van der Waals surface area contributed by atoms with Crippen LogP contribution in [-0.4, -0.2) is 18.4 Å². The minimum atomic E-state index is -3.85. The predicted molar refractivity (Wildman–Crippen MR) is 64.3 cm³/mol. The number of halogens is 2. The smallest absolute Gasteiger partial charge is 0.247 e. The van der Waals surface area contributed by atoms with E-state index >= 15 is 0 Å². The van der Waals surface area contributed by atoms with Gasteiger partial charge in [-0.1, -0.05) is 11.6 Å². The van der Waals surface area contributed by atoms with E-state index < -0.39 is 15.8 Å². The lowest BCUT2D eigenvalue weighted by atomic mass is 10.4. The minimum absolute atomic E-state index is 0.0903. The van der Waals surface area contributed by atoms with E-state index in [1.807, 2.05) is 0 Å². The maximum atomic E-state index is 12.7. The molecule has 1 heterocycles. The lowest BCUT2D eigenvalue weighted by Gasteiger charge is -2.06. The fourth-order valence-corrected chi connectivity index (χ4v) is 2.27. The van der Waals surface area contributed by atoms with E-state index in [2.05, 4.69) is 14.7 Å². The van der Waals surface area contributed by atoms with Gasteiger partial charge >= 0.3 is 0 Å². The highest BCUT2D eigenvalue weighted by Crippen LogP contribution is 2.14. The first-order valence-corrected chi connectivity index (χ1v) is 6.60. The Morgan fingerprint density at radius 3 is 2.44 bits per heavy atom. The van der Waals surface area contributed by atoms with Crippen LogP contribution in [0.2, 0.25) is 5.15 Å². The summed E-state index contributed by atoms with van der Waals surface area (Å²) < 4.78 is 38.6. The van der Waals surface area contributed by atoms with E-state index in [-0.39, 0.29) is 16.0 Å². The molecular formula is C10H7ClFN3O2S. The average molecular weight is 288 g/mol. The second-order valence-corrected chi connectivity index (χ2v) is 5.33. The highest BCUT2D eigenvalue weighted by Gasteiger charge is 2.15. The van der Waals surface area contributed by atoms with E-state index in [9.17, 15) is 12.8 Å². The molecule has 0 spiro atoms. The molecule has 0 aliphatic carbocycles. The van der Waals surface area contributed by atoms with Crippen molar-refractivity contribution in [2.24, 2.45) is 0 Å². The molecule has 2 rings (SSSR count). The minimum Gasteiger partial charge on any atom is -0.247 e. The van der Waals surface area contributed by atoms with Crippen LogP contribution in [0.5, 0.6) is 0 Å². The highest BCUT2D eigenvalue weighted by atomic mass is 35.5. The van der Waals surface area contributed by atoms with Gasteiger partial charge in [-0.25, -0.2) is 27.5 Å². The maximum absolute atomic E-state index is 12.7. The van der Waals surface area contributed by atoms with Gasteiger partial charge in [-0.2, -0.15) is 0 Å². The summed E-state index contributed by atoms with van der Waals surface area (Å²) in [5.74, 6) is -0.667. The van der Waals surface area contributed by atoms with Crippen molar-refractivity contribution in [1.29, 1.82) is 0 Å². The molecule has 1 N–H and O–H groups in total. The quantitative estimate of drug-likeness (QED) is 0.877. The first kappa shape index (κ1) is 12.7. The average Bonchev–Trinajstić information content (AvgIpc) is 2.29. The number of anilines is 1. The Hall–Kier alpha value is -1.73. The van der Waals surface area contributed by atoms with Gasteiger partial charge in [-0.3, -0.25) is 0 Å². The molecule has 0 bridgehead atoms. The molecule has 94 valence electrons. The zero-order valence-corrected chi connectivity index (χ0v) is 10.4. The zero-order valence-electron chi connectivity index (χ0n) is 8.84. The Morgan fingerprint density at radius 2 is 1.83 bits per heavy atom. The van der Waals surface area contributed by atoms with E-state index in [4.69, 9.17) is 11.6 Å². The lowest BCUT2D eigenvalue weighted by Crippen LogP contribution is -2.14. The lowest BCUT2D eigenvalue weighted by molar-refractivity contribution is 0.599. The van der Waals surface area contributed by atoms with Gasteiger partial charge in [0.05, 0.1) is 4.90 Å². The molecule has 0 amide bonds. The third-order valence-electron chi connectivity index (χ3n) is 1.97. The molecule has 8 heteroatoms. The second kappa shape index (κ2) is 4.87. The van der Waals surface area contributed by atoms with Crippen molar-refractivity contribution < 1.29 is 12.8 Å². The molecule has 0 aliphatic heterocycles. The molecule has 1 aromatic heterocycles. The Balaban J connectivity index is 2.30. The Kier molecular flexibility index (Phi) is 3.44. The molecule has 0 saturated heterocycles. The molecule has 5 nitrogen and oxygen atoms in total. The Morgan fingerprint density at radius 1 is 1.17 bits per heavy atom. The van der Waals surface area contributed by atoms with E-state index in [0.717, 1.165) is 24.3 Å². The highest BCUT2D eigenvalue weighted by molar-refractivity contribution is 7.92. The summed E-state index contributed by atoms with van der Waals surface area (Å²) in [5.41, 5.74) is 0. The van der Waals surface area contributed by atoms with Gasteiger partial charge < -0.3 is 0 Å². The van der Waals surface area contributed by atoms with Crippen molar-refractivity contribution in [1.82, 2.24) is 9.97 Å². The predicted octanol–water partition coefficient (Wildman–Crippen LogP) is 2.07. The number of aromatic nitrogens is 2. The van der Waals surface area contributed by atoms with E-state index in [1.165, 1.54) is 12.3 Å². The van der Waals surface area contributed by atoms with Crippen LogP contribution in [0, 0.1) is 5.82 Å². The monoisotopic (exact) mass is 287 g/mol. The number of nitrogens with zero attached hydrogens (tertiary/aromatic N) is 2. The third kappa shape index (κ3) is 2.93. The molecular weight excluding hydrogens is 281 g/mol. The molecule has 0 saturated carbocycles. The SMILES string of the molecule is O=S(=O)(Nc1nccc(Cl)n1)c1ccc(F)cc1. The van der Waals surface area contributed by atoms with Gasteiger partial charge in [0.1, 0.15) is 11.0 Å². The van der Waals surface area contributed by atoms with Crippen LogP contribution in [0.3, 0.4) is 0 Å². The van der Waals surface area contributed by atoms with Crippen LogP contribution < -0.4 is 4.72 Å². The third-order valence-corrected chi connectivity index (χ3v) is 3.53. The van der Waals surface area contributed by atoms with Crippen molar-refractivity contribution in [2.45, 2.75) is 4.90 Å². The van der Waals surface area contributed by atoms with E-state index in [1.54, 1.807) is 0 Å². The van der Waals surface area contributed by atoms with Crippen LogP contribution in [0.15, 0.2) is 41.4 Å². The van der Waals surface area contributed by atoms with Gasteiger partial charge in [0.25, 0.3) is 10.0 Å². The van der Waals surface area contributed by atoms with Gasteiger partial charge in [0, 0.05) is 6.20 Å². The normalized spacial score (nSPS) is 11.2. The Bertz CT molecular complexity index is 661. The molecule has 2 aromatic rings. The van der Waals surface area contributed by atoms with Gasteiger partial charge in [-0.15, -0.1) is 0 Å². The molecule has 0 radical (unpaired) electrons. The first-order valence-electron chi connectivity index (χ1n) is 4.74. The molecule has 0 atom stereocenters. The number of sulfonamides is 1. The number of benzene rings is 1. The first-order chi connectivity index (χ1) is 8.47. The van der Waals surface area contributed by atoms with Crippen molar-refractivity contribution in [3.63, 3.8) is 0 Å². The summed E-state index contributed by atoms with van der Waals surface area (Å²) in [5, 5.41) is 0.113. The number of hydrogen-bond donors (Lipinski definition) is 1. The van der Waals surface area contributed by atoms with Crippen molar-refractivity contribution >= 4 is 27.6 Å². The van der Waals surface area contributed by atoms with Crippen molar-refractivity contribution in [2.75, 3.05) is 4.72 Å². The fraction of sp³-hybridized carbons (Fsp3) is 0. The molecule has 0 fully saturated rings. The number of nitrogens with one attached hydrogen (secondary N) is 1. The van der Waals surface area contributed by atoms with Crippen LogP contribution >= 0.6 is 11.6 Å². The van der Waals surface area contributed by atoms with Crippen LogP contribution in [0.1, 0.15) is 0 Å². The summed E-state index contributed by atoms with van der Waals surface area (Å²) in [7, 11) is -3.85. The number of rotatable bonds is 3. The van der Waals surface area contributed by atoms with E-state index in [0.29, 0.717) is 0 Å². The summed E-state index contributed by atoms with van der Waals surface area (Å²) >= 11 is 5.60. The number of hydrogen-bond acceptors (Lipinski definition) is 4. The molecule has 18 heavy (non-hydrogen) atoms. The maximum Gasteiger partial charge on any atom is 0.264 e. The molecule has 0 aliphatic rings. The summed E-state index contributed by atoms with van der Waals surface area (Å²) in [6.45, 7) is 0. The van der Waals surface area contributed by atoms with Crippen LogP contribution in [0.4, 0.5) is 10.3 Å². The van der Waals surface area contributed by atoms with Crippen LogP contribution in [0.25, 0.3) is 0 Å². The van der Waals surface area contributed by atoms with Crippen molar-refractivity contribution in [3.8, 4) is 0 Å². The van der Waals surface area contributed by atoms with Gasteiger partial charge in [0.2, 0.25) is 5.95 Å². The van der Waals surface area contributed by atoms with Crippen LogP contribution in [-0.2, 0) is 10.0 Å². The summed E-state index contributed by atoms with van der Waals surface area (Å²) in [6.07, 6.45) is 1.32. The largest absolute Gasteiger partial charge is 0.264 e. The van der Waals surface area contributed by atoms with Gasteiger partial charge in [-0.05, 0) is 30.3 Å². The summed E-state index contributed by atoms with van der Waals surface area (Å²) in [6, 6.07) is 5.79.